The van der Waals surface area contributed by atoms with Crippen LogP contribution in [0.25, 0.3) is 0 Å². The van der Waals surface area contributed by atoms with Crippen LogP contribution in [0.2, 0.25) is 0 Å². The van der Waals surface area contributed by atoms with E-state index in [1.807, 2.05) is 11.8 Å². The molecular weight excluding hydrogens is 370 g/mol. The molecular formula is C18H21N3O5S. The minimum Gasteiger partial charge on any atom is -0.494 e. The van der Waals surface area contributed by atoms with Gasteiger partial charge in [-0.15, -0.1) is 0 Å². The first-order chi connectivity index (χ1) is 12.9. The Morgan fingerprint density at radius 1 is 1.04 bits per heavy atom. The molecule has 0 aromatic heterocycles. The number of hydrogen-bond donors (Lipinski definition) is 0. The minimum absolute atomic E-state index is 0.0281. The lowest BCUT2D eigenvalue weighted by molar-refractivity contribution is -0.384. The molecule has 0 amide bonds. The van der Waals surface area contributed by atoms with E-state index in [-0.39, 0.29) is 23.7 Å². The van der Waals surface area contributed by atoms with Crippen LogP contribution in [0.15, 0.2) is 53.4 Å². The highest BCUT2D eigenvalue weighted by molar-refractivity contribution is 7.89. The van der Waals surface area contributed by atoms with E-state index in [1.54, 1.807) is 30.3 Å². The van der Waals surface area contributed by atoms with Gasteiger partial charge < -0.3 is 9.64 Å². The third-order valence-corrected chi connectivity index (χ3v) is 6.34. The van der Waals surface area contributed by atoms with Crippen molar-refractivity contribution < 1.29 is 18.1 Å². The molecule has 1 aliphatic heterocycles. The maximum absolute atomic E-state index is 12.8. The maximum Gasteiger partial charge on any atom is 0.292 e. The van der Waals surface area contributed by atoms with Crippen LogP contribution in [0.3, 0.4) is 0 Å². The highest BCUT2D eigenvalue weighted by atomic mass is 32.2. The summed E-state index contributed by atoms with van der Waals surface area (Å²) in [6, 6.07) is 12.9. The van der Waals surface area contributed by atoms with Crippen molar-refractivity contribution in [2.24, 2.45) is 0 Å². The molecule has 0 spiro atoms. The van der Waals surface area contributed by atoms with E-state index in [2.05, 4.69) is 0 Å². The first kappa shape index (κ1) is 19.1. The van der Waals surface area contributed by atoms with E-state index in [0.717, 1.165) is 0 Å². The summed E-state index contributed by atoms with van der Waals surface area (Å²) in [6.07, 6.45) is 0. The molecule has 0 bridgehead atoms. The molecule has 0 saturated carbocycles. The molecule has 1 aliphatic rings. The number of hydrogen-bond acceptors (Lipinski definition) is 6. The Kier molecular flexibility index (Phi) is 5.62. The highest BCUT2D eigenvalue weighted by Crippen LogP contribution is 2.29. The Bertz CT molecular complexity index is 907. The summed E-state index contributed by atoms with van der Waals surface area (Å²) in [5.41, 5.74) is 0.543. The molecule has 0 N–H and O–H groups in total. The van der Waals surface area contributed by atoms with Gasteiger partial charge in [-0.2, -0.15) is 4.31 Å². The smallest absolute Gasteiger partial charge is 0.292 e. The van der Waals surface area contributed by atoms with E-state index in [0.29, 0.717) is 31.1 Å². The van der Waals surface area contributed by atoms with Crippen LogP contribution in [-0.2, 0) is 10.0 Å². The van der Waals surface area contributed by atoms with E-state index in [1.165, 1.54) is 22.5 Å². The largest absolute Gasteiger partial charge is 0.494 e. The summed E-state index contributed by atoms with van der Waals surface area (Å²) >= 11 is 0. The Labute approximate surface area is 158 Å². The molecule has 9 heteroatoms. The summed E-state index contributed by atoms with van der Waals surface area (Å²) < 4.78 is 32.4. The van der Waals surface area contributed by atoms with Gasteiger partial charge in [0.2, 0.25) is 10.0 Å². The summed E-state index contributed by atoms with van der Waals surface area (Å²) in [7, 11) is -3.61. The first-order valence-corrected chi connectivity index (χ1v) is 10.1. The third-order valence-electron chi connectivity index (χ3n) is 4.43. The standard InChI is InChI=1S/C18H21N3O5S/c1-2-26-15-7-9-16(10-8-15)27(24,25)20-13-11-19(12-14-20)17-5-3-4-6-18(17)21(22)23/h3-10H,2,11-14H2,1H3. The van der Waals surface area contributed by atoms with Crippen molar-refractivity contribution in [1.29, 1.82) is 0 Å². The van der Waals surface area contributed by atoms with Crippen LogP contribution >= 0.6 is 0 Å². The number of nitro groups is 1. The lowest BCUT2D eigenvalue weighted by Gasteiger charge is -2.35. The molecule has 1 fully saturated rings. The predicted molar refractivity (Wildman–Crippen MR) is 102 cm³/mol. The fourth-order valence-electron chi connectivity index (χ4n) is 3.08. The van der Waals surface area contributed by atoms with E-state index in [4.69, 9.17) is 4.74 Å². The fourth-order valence-corrected chi connectivity index (χ4v) is 4.50. The monoisotopic (exact) mass is 391 g/mol. The number of nitrogens with zero attached hydrogens (tertiary/aromatic N) is 3. The molecule has 2 aromatic rings. The Hall–Kier alpha value is -2.65. The van der Waals surface area contributed by atoms with Crippen molar-refractivity contribution in [2.45, 2.75) is 11.8 Å². The van der Waals surface area contributed by atoms with Crippen molar-refractivity contribution in [3.05, 3.63) is 58.6 Å². The molecule has 0 aliphatic carbocycles. The van der Waals surface area contributed by atoms with Gasteiger partial charge in [0.05, 0.1) is 16.4 Å². The van der Waals surface area contributed by atoms with Crippen LogP contribution in [0.5, 0.6) is 5.75 Å². The topological polar surface area (TPSA) is 93.0 Å². The zero-order valence-corrected chi connectivity index (χ0v) is 15.8. The average Bonchev–Trinajstić information content (AvgIpc) is 2.69. The number of piperazine rings is 1. The second kappa shape index (κ2) is 7.93. The minimum atomic E-state index is -3.61. The zero-order valence-electron chi connectivity index (χ0n) is 14.9. The molecule has 0 unspecified atom stereocenters. The molecule has 3 rings (SSSR count). The average molecular weight is 391 g/mol. The van der Waals surface area contributed by atoms with Crippen LogP contribution in [-0.4, -0.2) is 50.4 Å². The predicted octanol–water partition coefficient (Wildman–Crippen LogP) is 2.50. The summed E-state index contributed by atoms with van der Waals surface area (Å²) in [5, 5.41) is 11.2. The van der Waals surface area contributed by atoms with Crippen LogP contribution < -0.4 is 9.64 Å². The normalized spacial score (nSPS) is 15.5. The molecule has 2 aromatic carbocycles. The van der Waals surface area contributed by atoms with E-state index >= 15 is 0 Å². The Balaban J connectivity index is 1.72. The number of benzene rings is 2. The number of para-hydroxylation sites is 2. The summed E-state index contributed by atoms with van der Waals surface area (Å²) in [6.45, 7) is 3.69. The number of ether oxygens (including phenoxy) is 1. The van der Waals surface area contributed by atoms with Crippen molar-refractivity contribution in [2.75, 3.05) is 37.7 Å². The van der Waals surface area contributed by atoms with Crippen LogP contribution in [0, 0.1) is 10.1 Å². The Morgan fingerprint density at radius 3 is 2.26 bits per heavy atom. The molecule has 1 heterocycles. The van der Waals surface area contributed by atoms with Gasteiger partial charge in [0.15, 0.2) is 0 Å². The summed E-state index contributed by atoms with van der Waals surface area (Å²) in [4.78, 5) is 12.9. The summed E-state index contributed by atoms with van der Waals surface area (Å²) in [5.74, 6) is 0.623. The van der Waals surface area contributed by atoms with Gasteiger partial charge in [-0.1, -0.05) is 12.1 Å². The molecule has 1 saturated heterocycles. The van der Waals surface area contributed by atoms with Gasteiger partial charge in [0, 0.05) is 32.2 Å². The lowest BCUT2D eigenvalue weighted by Crippen LogP contribution is -2.48. The van der Waals surface area contributed by atoms with Crippen molar-refractivity contribution in [3.8, 4) is 5.75 Å². The first-order valence-electron chi connectivity index (χ1n) is 8.65. The van der Waals surface area contributed by atoms with E-state index in [9.17, 15) is 18.5 Å². The maximum atomic E-state index is 12.8. The number of sulfonamides is 1. The molecule has 0 radical (unpaired) electrons. The van der Waals surface area contributed by atoms with E-state index < -0.39 is 14.9 Å². The lowest BCUT2D eigenvalue weighted by atomic mass is 10.2. The molecule has 0 atom stereocenters. The highest BCUT2D eigenvalue weighted by Gasteiger charge is 2.30. The molecule has 27 heavy (non-hydrogen) atoms. The number of nitro benzene ring substituents is 1. The second-order valence-electron chi connectivity index (χ2n) is 6.04. The fraction of sp³-hybridized carbons (Fsp3) is 0.333. The number of anilines is 1. The zero-order chi connectivity index (χ0) is 19.4. The van der Waals surface area contributed by atoms with Gasteiger partial charge in [-0.3, -0.25) is 10.1 Å². The van der Waals surface area contributed by atoms with Gasteiger partial charge in [-0.25, -0.2) is 8.42 Å². The van der Waals surface area contributed by atoms with Gasteiger partial charge >= 0.3 is 0 Å². The Morgan fingerprint density at radius 2 is 1.67 bits per heavy atom. The number of rotatable bonds is 6. The molecule has 8 nitrogen and oxygen atoms in total. The van der Waals surface area contributed by atoms with Crippen molar-refractivity contribution in [1.82, 2.24) is 4.31 Å². The SMILES string of the molecule is CCOc1ccc(S(=O)(=O)N2CCN(c3ccccc3[N+](=O)[O-])CC2)cc1. The van der Waals surface area contributed by atoms with Crippen molar-refractivity contribution >= 4 is 21.4 Å². The third kappa shape index (κ3) is 4.04. The molecule has 144 valence electrons. The van der Waals surface area contributed by atoms with Crippen LogP contribution in [0.1, 0.15) is 6.92 Å². The van der Waals surface area contributed by atoms with Gasteiger partial charge in [0.1, 0.15) is 11.4 Å². The van der Waals surface area contributed by atoms with Gasteiger partial charge in [-0.05, 0) is 37.3 Å². The van der Waals surface area contributed by atoms with Crippen molar-refractivity contribution in [3.63, 3.8) is 0 Å². The quantitative estimate of drug-likeness (QED) is 0.555. The second-order valence-corrected chi connectivity index (χ2v) is 7.98. The van der Waals surface area contributed by atoms with Crippen LogP contribution in [0.4, 0.5) is 11.4 Å². The van der Waals surface area contributed by atoms with Gasteiger partial charge in [0.25, 0.3) is 5.69 Å².